The predicted molar refractivity (Wildman–Crippen MR) is 77.4 cm³/mol. The van der Waals surface area contributed by atoms with E-state index in [9.17, 15) is 4.39 Å². The van der Waals surface area contributed by atoms with Crippen molar-refractivity contribution in [3.8, 4) is 21.6 Å². The third kappa shape index (κ3) is 2.35. The highest BCUT2D eigenvalue weighted by Gasteiger charge is 2.10. The molecule has 0 bridgehead atoms. The van der Waals surface area contributed by atoms with Crippen molar-refractivity contribution in [3.05, 3.63) is 60.5 Å². The topological polar surface area (TPSA) is 38.9 Å². The molecule has 1 aromatic heterocycles. The molecule has 0 aliphatic carbocycles. The van der Waals surface area contributed by atoms with Gasteiger partial charge in [-0.25, -0.2) is 4.39 Å². The minimum absolute atomic E-state index is 0.234. The van der Waals surface area contributed by atoms with Crippen molar-refractivity contribution in [3.63, 3.8) is 0 Å². The Morgan fingerprint density at radius 2 is 1.53 bits per heavy atom. The fourth-order valence-electron chi connectivity index (χ4n) is 1.92. The van der Waals surface area contributed by atoms with Crippen molar-refractivity contribution in [2.75, 3.05) is 5.73 Å². The molecule has 2 N–H and O–H groups in total. The van der Waals surface area contributed by atoms with Gasteiger partial charge in [0, 0.05) is 17.4 Å². The van der Waals surface area contributed by atoms with E-state index >= 15 is 0 Å². The van der Waals surface area contributed by atoms with Crippen LogP contribution in [-0.2, 0) is 0 Å². The Morgan fingerprint density at radius 1 is 0.895 bits per heavy atom. The van der Waals surface area contributed by atoms with Gasteiger partial charge in [-0.15, -0.1) is 0 Å². The molecule has 0 fully saturated rings. The van der Waals surface area contributed by atoms with Crippen LogP contribution in [0.3, 0.4) is 0 Å². The first-order valence-corrected chi connectivity index (χ1v) is 6.58. The van der Waals surface area contributed by atoms with E-state index in [1.807, 2.05) is 30.5 Å². The van der Waals surface area contributed by atoms with Crippen molar-refractivity contribution in [1.29, 1.82) is 0 Å². The number of nitrogen functional groups attached to an aromatic ring is 1. The van der Waals surface area contributed by atoms with Crippen LogP contribution in [0.1, 0.15) is 0 Å². The minimum atomic E-state index is -0.234. The van der Waals surface area contributed by atoms with Gasteiger partial charge in [-0.1, -0.05) is 24.3 Å². The van der Waals surface area contributed by atoms with E-state index in [0.717, 1.165) is 27.3 Å². The van der Waals surface area contributed by atoms with Gasteiger partial charge in [-0.3, -0.25) is 0 Å². The first-order chi connectivity index (χ1) is 9.24. The van der Waals surface area contributed by atoms with E-state index in [0.29, 0.717) is 0 Å². The molecule has 3 rings (SSSR count). The monoisotopic (exact) mass is 270 g/mol. The molecular weight excluding hydrogens is 259 g/mol. The second kappa shape index (κ2) is 4.82. The van der Waals surface area contributed by atoms with Crippen molar-refractivity contribution in [2.45, 2.75) is 0 Å². The third-order valence-electron chi connectivity index (χ3n) is 2.90. The molecule has 0 spiro atoms. The Bertz CT molecular complexity index is 627. The van der Waals surface area contributed by atoms with E-state index in [1.165, 1.54) is 23.7 Å². The lowest BCUT2D eigenvalue weighted by Gasteiger charge is -2.04. The zero-order valence-corrected chi connectivity index (χ0v) is 10.8. The standard InChI is InChI=1S/C15H11FN2S/c16-12-5-1-11(2-6-12)15-14(9-18-19-15)10-3-7-13(17)8-4-10/h1-9H,17H2. The Labute approximate surface area is 114 Å². The highest BCUT2D eigenvalue weighted by molar-refractivity contribution is 7.10. The number of hydrogen-bond acceptors (Lipinski definition) is 3. The van der Waals surface area contributed by atoms with Gasteiger partial charge in [0.15, 0.2) is 0 Å². The quantitative estimate of drug-likeness (QED) is 0.709. The van der Waals surface area contributed by atoms with E-state index in [4.69, 9.17) is 5.73 Å². The highest BCUT2D eigenvalue weighted by atomic mass is 32.1. The maximum absolute atomic E-state index is 13.0. The second-order valence-electron chi connectivity index (χ2n) is 4.20. The van der Waals surface area contributed by atoms with Crippen LogP contribution in [0.2, 0.25) is 0 Å². The Balaban J connectivity index is 2.07. The Kier molecular flexibility index (Phi) is 3.01. The zero-order valence-electron chi connectivity index (χ0n) is 10.0. The van der Waals surface area contributed by atoms with Crippen LogP contribution in [0.4, 0.5) is 10.1 Å². The fourth-order valence-corrected chi connectivity index (χ4v) is 2.69. The number of rotatable bonds is 2. The van der Waals surface area contributed by atoms with Gasteiger partial charge in [0.1, 0.15) is 5.82 Å². The van der Waals surface area contributed by atoms with Crippen LogP contribution in [-0.4, -0.2) is 4.37 Å². The number of benzene rings is 2. The lowest BCUT2D eigenvalue weighted by molar-refractivity contribution is 0.628. The molecule has 0 radical (unpaired) electrons. The first-order valence-electron chi connectivity index (χ1n) is 5.80. The van der Waals surface area contributed by atoms with Crippen LogP contribution in [0.25, 0.3) is 21.6 Å². The van der Waals surface area contributed by atoms with Crippen LogP contribution in [0.15, 0.2) is 54.7 Å². The summed E-state index contributed by atoms with van der Waals surface area (Å²) in [6.45, 7) is 0. The van der Waals surface area contributed by atoms with Gasteiger partial charge >= 0.3 is 0 Å². The molecule has 0 atom stereocenters. The molecule has 4 heteroatoms. The van der Waals surface area contributed by atoms with E-state index in [2.05, 4.69) is 4.37 Å². The molecule has 1 heterocycles. The molecule has 19 heavy (non-hydrogen) atoms. The molecule has 0 unspecified atom stereocenters. The molecule has 0 saturated carbocycles. The summed E-state index contributed by atoms with van der Waals surface area (Å²) in [5, 5.41) is 0. The van der Waals surface area contributed by atoms with Gasteiger partial charge < -0.3 is 5.73 Å². The Morgan fingerprint density at radius 3 is 2.21 bits per heavy atom. The maximum Gasteiger partial charge on any atom is 0.123 e. The summed E-state index contributed by atoms with van der Waals surface area (Å²) < 4.78 is 17.2. The van der Waals surface area contributed by atoms with Gasteiger partial charge in [-0.2, -0.15) is 4.37 Å². The average Bonchev–Trinajstić information content (AvgIpc) is 2.90. The summed E-state index contributed by atoms with van der Waals surface area (Å²) in [4.78, 5) is 1.03. The average molecular weight is 270 g/mol. The maximum atomic E-state index is 13.0. The molecular formula is C15H11FN2S. The molecule has 2 aromatic carbocycles. The van der Waals surface area contributed by atoms with Gasteiger partial charge in [0.05, 0.1) is 4.88 Å². The molecule has 0 aliphatic rings. The largest absolute Gasteiger partial charge is 0.399 e. The summed E-state index contributed by atoms with van der Waals surface area (Å²) in [5.41, 5.74) is 9.49. The van der Waals surface area contributed by atoms with E-state index in [1.54, 1.807) is 12.1 Å². The zero-order chi connectivity index (χ0) is 13.2. The number of aromatic nitrogens is 1. The lowest BCUT2D eigenvalue weighted by atomic mass is 10.0. The summed E-state index contributed by atoms with van der Waals surface area (Å²) in [6, 6.07) is 14.1. The van der Waals surface area contributed by atoms with Gasteiger partial charge in [0.2, 0.25) is 0 Å². The van der Waals surface area contributed by atoms with Crippen molar-refractivity contribution in [2.24, 2.45) is 0 Å². The van der Waals surface area contributed by atoms with Crippen molar-refractivity contribution >= 4 is 17.2 Å². The normalized spacial score (nSPS) is 10.6. The van der Waals surface area contributed by atoms with Crippen LogP contribution < -0.4 is 5.73 Å². The summed E-state index contributed by atoms with van der Waals surface area (Å²) in [5.74, 6) is -0.234. The summed E-state index contributed by atoms with van der Waals surface area (Å²) in [7, 11) is 0. The first kappa shape index (κ1) is 11.9. The summed E-state index contributed by atoms with van der Waals surface area (Å²) in [6.07, 6.45) is 1.83. The number of nitrogens with zero attached hydrogens (tertiary/aromatic N) is 1. The Hall–Kier alpha value is -2.20. The smallest absolute Gasteiger partial charge is 0.123 e. The number of halogens is 1. The number of nitrogens with two attached hydrogens (primary N) is 1. The van der Waals surface area contributed by atoms with Crippen molar-refractivity contribution in [1.82, 2.24) is 4.37 Å². The third-order valence-corrected chi connectivity index (χ3v) is 3.75. The van der Waals surface area contributed by atoms with Gasteiger partial charge in [-0.05, 0) is 46.9 Å². The van der Waals surface area contributed by atoms with Crippen LogP contribution >= 0.6 is 11.5 Å². The van der Waals surface area contributed by atoms with Crippen molar-refractivity contribution < 1.29 is 4.39 Å². The lowest BCUT2D eigenvalue weighted by Crippen LogP contribution is -1.84. The molecule has 0 saturated heterocycles. The number of anilines is 1. The SMILES string of the molecule is Nc1ccc(-c2cnsc2-c2ccc(F)cc2)cc1. The van der Waals surface area contributed by atoms with E-state index in [-0.39, 0.29) is 5.82 Å². The molecule has 0 aliphatic heterocycles. The molecule has 0 amide bonds. The predicted octanol–water partition coefficient (Wildman–Crippen LogP) is 4.20. The van der Waals surface area contributed by atoms with E-state index < -0.39 is 0 Å². The second-order valence-corrected chi connectivity index (χ2v) is 5.00. The molecule has 3 aromatic rings. The fraction of sp³-hybridized carbons (Fsp3) is 0. The van der Waals surface area contributed by atoms with Crippen LogP contribution in [0, 0.1) is 5.82 Å². The highest BCUT2D eigenvalue weighted by Crippen LogP contribution is 2.35. The molecule has 94 valence electrons. The minimum Gasteiger partial charge on any atom is -0.399 e. The summed E-state index contributed by atoms with van der Waals surface area (Å²) >= 11 is 1.40. The number of hydrogen-bond donors (Lipinski definition) is 1. The van der Waals surface area contributed by atoms with Gasteiger partial charge in [0.25, 0.3) is 0 Å². The molecule has 2 nitrogen and oxygen atoms in total. The van der Waals surface area contributed by atoms with Crippen LogP contribution in [0.5, 0.6) is 0 Å².